The van der Waals surface area contributed by atoms with Gasteiger partial charge in [0, 0.05) is 47.4 Å². The maximum Gasteiger partial charge on any atom is 0.497 e. The van der Waals surface area contributed by atoms with Crippen LogP contribution in [0.2, 0.25) is 0 Å². The normalized spacial score (nSPS) is 18.0. The number of aromatic nitrogens is 1. The van der Waals surface area contributed by atoms with Crippen molar-refractivity contribution in [3.05, 3.63) is 53.7 Å². The molecule has 152 valence electrons. The molecule has 0 unspecified atom stereocenters. The van der Waals surface area contributed by atoms with Crippen LogP contribution in [0.5, 0.6) is 0 Å². The Morgan fingerprint density at radius 1 is 1.03 bits per heavy atom. The standard InChI is InChI=1S/C21H21BF2INO2S/c1-12-6-8-16(23)18(19(12)24)13-7-9-17-14(10-13)15(11-26(17)29-25)22-27-20(2,3)21(4,5)28-22/h6-11H,1-5H3. The van der Waals surface area contributed by atoms with Gasteiger partial charge in [0.15, 0.2) is 0 Å². The van der Waals surface area contributed by atoms with E-state index in [9.17, 15) is 8.78 Å². The van der Waals surface area contributed by atoms with Crippen molar-refractivity contribution in [2.24, 2.45) is 0 Å². The van der Waals surface area contributed by atoms with Gasteiger partial charge in [0.1, 0.15) is 11.6 Å². The first kappa shape index (κ1) is 21.1. The van der Waals surface area contributed by atoms with Gasteiger partial charge in [-0.15, -0.1) is 0 Å². The maximum absolute atomic E-state index is 14.7. The van der Waals surface area contributed by atoms with E-state index < -0.39 is 30.0 Å². The van der Waals surface area contributed by atoms with Crippen molar-refractivity contribution in [1.82, 2.24) is 3.97 Å². The average Bonchev–Trinajstić information content (AvgIpc) is 3.12. The molecule has 2 heterocycles. The van der Waals surface area contributed by atoms with Crippen LogP contribution in [0, 0.1) is 18.6 Å². The zero-order valence-electron chi connectivity index (χ0n) is 16.8. The molecule has 29 heavy (non-hydrogen) atoms. The molecule has 3 nitrogen and oxygen atoms in total. The Morgan fingerprint density at radius 2 is 1.69 bits per heavy atom. The van der Waals surface area contributed by atoms with Crippen molar-refractivity contribution in [1.29, 1.82) is 0 Å². The van der Waals surface area contributed by atoms with Gasteiger partial charge in [-0.3, -0.25) is 3.97 Å². The van der Waals surface area contributed by atoms with E-state index in [2.05, 4.69) is 21.2 Å². The van der Waals surface area contributed by atoms with Gasteiger partial charge in [-0.1, -0.05) is 12.1 Å². The molecule has 8 heteroatoms. The number of halogens is 3. The number of hydrogen-bond acceptors (Lipinski definition) is 3. The predicted octanol–water partition coefficient (Wildman–Crippen LogP) is 6.04. The molecule has 2 aromatic carbocycles. The Hall–Kier alpha value is -1.10. The van der Waals surface area contributed by atoms with Crippen molar-refractivity contribution < 1.29 is 18.1 Å². The average molecular weight is 527 g/mol. The Bertz CT molecular complexity index is 1100. The van der Waals surface area contributed by atoms with Gasteiger partial charge in [-0.05, 0) is 63.9 Å². The van der Waals surface area contributed by atoms with Crippen molar-refractivity contribution in [2.45, 2.75) is 45.8 Å². The highest BCUT2D eigenvalue weighted by atomic mass is 127. The Morgan fingerprint density at radius 3 is 2.31 bits per heavy atom. The molecule has 1 aromatic heterocycles. The van der Waals surface area contributed by atoms with Gasteiger partial charge in [-0.2, -0.15) is 0 Å². The molecule has 1 aliphatic rings. The third-order valence-corrected chi connectivity index (χ3v) is 7.68. The highest BCUT2D eigenvalue weighted by Gasteiger charge is 2.52. The fourth-order valence-corrected chi connectivity index (χ4v) is 4.88. The van der Waals surface area contributed by atoms with Crippen LogP contribution < -0.4 is 5.46 Å². The molecule has 3 aromatic rings. The molecule has 0 amide bonds. The van der Waals surface area contributed by atoms with Crippen LogP contribution in [0.1, 0.15) is 33.3 Å². The summed E-state index contributed by atoms with van der Waals surface area (Å²) in [6.07, 6.45) is 1.97. The van der Waals surface area contributed by atoms with E-state index in [4.69, 9.17) is 9.31 Å². The fourth-order valence-electron chi connectivity index (χ4n) is 3.52. The van der Waals surface area contributed by atoms with Crippen LogP contribution in [-0.4, -0.2) is 22.3 Å². The largest absolute Gasteiger partial charge is 0.497 e. The van der Waals surface area contributed by atoms with Crippen molar-refractivity contribution in [2.75, 3.05) is 0 Å². The third-order valence-electron chi connectivity index (χ3n) is 5.96. The van der Waals surface area contributed by atoms with E-state index in [1.807, 2.05) is 50.0 Å². The van der Waals surface area contributed by atoms with Gasteiger partial charge in [0.2, 0.25) is 0 Å². The summed E-state index contributed by atoms with van der Waals surface area (Å²) in [5, 5.41) is 0.852. The first-order valence-corrected chi connectivity index (χ1v) is 12.6. The summed E-state index contributed by atoms with van der Waals surface area (Å²) in [6, 6.07) is 8.21. The lowest BCUT2D eigenvalue weighted by atomic mass is 9.78. The summed E-state index contributed by atoms with van der Waals surface area (Å²) in [5.41, 5.74) is 1.72. The second-order valence-corrected chi connectivity index (χ2v) is 10.1. The van der Waals surface area contributed by atoms with Crippen LogP contribution in [0.4, 0.5) is 8.78 Å². The predicted molar refractivity (Wildman–Crippen MR) is 125 cm³/mol. The van der Waals surface area contributed by atoms with Crippen LogP contribution in [-0.2, 0) is 9.31 Å². The Balaban J connectivity index is 1.90. The van der Waals surface area contributed by atoms with E-state index in [0.29, 0.717) is 11.1 Å². The second-order valence-electron chi connectivity index (χ2n) is 8.35. The number of benzene rings is 2. The highest BCUT2D eigenvalue weighted by Crippen LogP contribution is 2.38. The first-order chi connectivity index (χ1) is 13.6. The molecule has 0 atom stereocenters. The molecule has 1 fully saturated rings. The van der Waals surface area contributed by atoms with E-state index in [-0.39, 0.29) is 5.56 Å². The van der Waals surface area contributed by atoms with E-state index in [1.54, 1.807) is 13.0 Å². The molecule has 0 radical (unpaired) electrons. The SMILES string of the molecule is Cc1ccc(F)c(-c2ccc3c(c2)c(B2OC(C)(C)C(C)(C)O2)cn3SI)c1F. The maximum atomic E-state index is 14.7. The summed E-state index contributed by atoms with van der Waals surface area (Å²) in [4.78, 5) is 0. The molecule has 0 bridgehead atoms. The number of nitrogens with zero attached hydrogens (tertiary/aromatic N) is 1. The summed E-state index contributed by atoms with van der Waals surface area (Å²) in [7, 11) is 0.955. The Labute approximate surface area is 186 Å². The van der Waals surface area contributed by atoms with Gasteiger partial charge in [0.25, 0.3) is 0 Å². The number of aryl methyl sites for hydroxylation is 1. The first-order valence-electron chi connectivity index (χ1n) is 9.30. The molecule has 1 aliphatic heterocycles. The monoisotopic (exact) mass is 527 g/mol. The summed E-state index contributed by atoms with van der Waals surface area (Å²) in [6.45, 7) is 9.64. The Kier molecular flexibility index (Phi) is 5.29. The topological polar surface area (TPSA) is 23.4 Å². The van der Waals surface area contributed by atoms with Crippen LogP contribution in [0.15, 0.2) is 36.5 Å². The van der Waals surface area contributed by atoms with E-state index in [1.165, 1.54) is 21.3 Å². The highest BCUT2D eigenvalue weighted by molar-refractivity contribution is 14.2. The number of hydrogen-bond donors (Lipinski definition) is 0. The number of rotatable bonds is 3. The minimum absolute atomic E-state index is 0.0124. The fraction of sp³-hybridized carbons (Fsp3) is 0.333. The van der Waals surface area contributed by atoms with Gasteiger partial charge < -0.3 is 9.31 Å². The van der Waals surface area contributed by atoms with Gasteiger partial charge >= 0.3 is 7.12 Å². The van der Waals surface area contributed by atoms with Crippen LogP contribution in [0.3, 0.4) is 0 Å². The molecule has 0 N–H and O–H groups in total. The van der Waals surface area contributed by atoms with Crippen molar-refractivity contribution >= 4 is 53.8 Å². The summed E-state index contributed by atoms with van der Waals surface area (Å²) >= 11 is 2.20. The zero-order valence-corrected chi connectivity index (χ0v) is 19.8. The van der Waals surface area contributed by atoms with Gasteiger partial charge in [-0.25, -0.2) is 8.78 Å². The van der Waals surface area contributed by atoms with Gasteiger partial charge in [0.05, 0.1) is 22.3 Å². The molecule has 0 spiro atoms. The minimum Gasteiger partial charge on any atom is -0.399 e. The van der Waals surface area contributed by atoms with Crippen LogP contribution in [0.25, 0.3) is 22.0 Å². The molecule has 0 saturated carbocycles. The molecular formula is C21H21BF2INO2S. The van der Waals surface area contributed by atoms with E-state index in [0.717, 1.165) is 16.4 Å². The smallest absolute Gasteiger partial charge is 0.399 e. The van der Waals surface area contributed by atoms with E-state index >= 15 is 0 Å². The third kappa shape index (κ3) is 3.41. The lowest BCUT2D eigenvalue weighted by molar-refractivity contribution is 0.00578. The lowest BCUT2D eigenvalue weighted by Crippen LogP contribution is -2.41. The van der Waals surface area contributed by atoms with Crippen LogP contribution >= 0.6 is 30.3 Å². The zero-order chi connectivity index (χ0) is 21.1. The molecule has 4 rings (SSSR count). The molecule has 1 saturated heterocycles. The number of fused-ring (bicyclic) bond motifs is 1. The minimum atomic E-state index is -0.577. The second kappa shape index (κ2) is 7.25. The van der Waals surface area contributed by atoms with Crippen molar-refractivity contribution in [3.63, 3.8) is 0 Å². The van der Waals surface area contributed by atoms with Crippen molar-refractivity contribution in [3.8, 4) is 11.1 Å². The quantitative estimate of drug-likeness (QED) is 0.307. The summed E-state index contributed by atoms with van der Waals surface area (Å²) in [5.74, 6) is -1.11. The molecular weight excluding hydrogens is 506 g/mol. The lowest BCUT2D eigenvalue weighted by Gasteiger charge is -2.32. The summed E-state index contributed by atoms with van der Waals surface area (Å²) < 4.78 is 43.7. The molecule has 0 aliphatic carbocycles.